The Bertz CT molecular complexity index is 700. The lowest BCUT2D eigenvalue weighted by atomic mass is 10.3. The number of aromatic nitrogens is 2. The first-order chi connectivity index (χ1) is 11.1. The molecule has 0 bridgehead atoms. The lowest BCUT2D eigenvalue weighted by Crippen LogP contribution is -2.32. The van der Waals surface area contributed by atoms with Crippen LogP contribution in [0.15, 0.2) is 52.2 Å². The molecule has 0 saturated carbocycles. The predicted octanol–water partition coefficient (Wildman–Crippen LogP) is 2.56. The van der Waals surface area contributed by atoms with Gasteiger partial charge in [0.15, 0.2) is 0 Å². The summed E-state index contributed by atoms with van der Waals surface area (Å²) in [4.78, 5) is 25.0. The maximum Gasteiger partial charge on any atom is 0.271 e. The number of rotatable bonds is 7. The monoisotopic (exact) mass is 331 g/mol. The van der Waals surface area contributed by atoms with Gasteiger partial charge in [-0.15, -0.1) is 11.8 Å². The average Bonchev–Trinajstić information content (AvgIpc) is 2.56. The second-order valence-corrected chi connectivity index (χ2v) is 6.74. The Morgan fingerprint density at radius 2 is 2.00 bits per heavy atom. The second kappa shape index (κ2) is 8.53. The molecule has 1 amide bonds. The van der Waals surface area contributed by atoms with E-state index in [1.807, 2.05) is 37.3 Å². The normalized spacial score (nSPS) is 11.9. The average molecular weight is 331 g/mol. The van der Waals surface area contributed by atoms with E-state index < -0.39 is 0 Å². The minimum atomic E-state index is -0.254. The highest BCUT2D eigenvalue weighted by molar-refractivity contribution is 8.00. The van der Waals surface area contributed by atoms with Crippen molar-refractivity contribution in [3.05, 3.63) is 58.5 Å². The Balaban J connectivity index is 1.91. The van der Waals surface area contributed by atoms with Gasteiger partial charge in [-0.3, -0.25) is 9.59 Å². The highest BCUT2D eigenvalue weighted by atomic mass is 32.2. The first-order valence-electron chi connectivity index (χ1n) is 7.68. The van der Waals surface area contributed by atoms with Crippen molar-refractivity contribution in [3.63, 3.8) is 0 Å². The molecular weight excluding hydrogens is 310 g/mol. The molecule has 0 radical (unpaired) electrons. The van der Waals surface area contributed by atoms with E-state index in [0.29, 0.717) is 13.1 Å². The molecule has 0 spiro atoms. The van der Waals surface area contributed by atoms with Gasteiger partial charge < -0.3 is 5.32 Å². The van der Waals surface area contributed by atoms with E-state index in [9.17, 15) is 9.59 Å². The molecule has 0 unspecified atom stereocenters. The summed E-state index contributed by atoms with van der Waals surface area (Å²) < 4.78 is 1.33. The van der Waals surface area contributed by atoms with Crippen molar-refractivity contribution in [3.8, 4) is 0 Å². The number of thioether (sulfide) groups is 1. The van der Waals surface area contributed by atoms with Crippen LogP contribution in [0.1, 0.15) is 30.8 Å². The zero-order valence-corrected chi connectivity index (χ0v) is 14.2. The number of hydrogen-bond acceptors (Lipinski definition) is 4. The summed E-state index contributed by atoms with van der Waals surface area (Å²) in [5.74, 6) is -0.254. The topological polar surface area (TPSA) is 64.0 Å². The first kappa shape index (κ1) is 17.3. The maximum atomic E-state index is 12.2. The fourth-order valence-corrected chi connectivity index (χ4v) is 2.99. The number of nitrogens with one attached hydrogen (secondary N) is 1. The SMILES string of the molecule is CCCn1nc(C(=O)NC[C@@H](C)Sc2ccccc2)ccc1=O. The van der Waals surface area contributed by atoms with Gasteiger partial charge in [0.05, 0.1) is 0 Å². The Hall–Kier alpha value is -2.08. The third-order valence-electron chi connectivity index (χ3n) is 3.17. The molecule has 1 aromatic carbocycles. The van der Waals surface area contributed by atoms with Gasteiger partial charge in [-0.25, -0.2) is 4.68 Å². The fourth-order valence-electron chi connectivity index (χ4n) is 2.04. The van der Waals surface area contributed by atoms with Crippen molar-refractivity contribution < 1.29 is 4.79 Å². The molecule has 6 heteroatoms. The number of carbonyl (C=O) groups excluding carboxylic acids is 1. The zero-order chi connectivity index (χ0) is 16.7. The minimum Gasteiger partial charge on any atom is -0.350 e. The van der Waals surface area contributed by atoms with Gasteiger partial charge in [0.1, 0.15) is 5.69 Å². The van der Waals surface area contributed by atoms with Crippen LogP contribution in [0.25, 0.3) is 0 Å². The second-order valence-electron chi connectivity index (χ2n) is 5.23. The quantitative estimate of drug-likeness (QED) is 0.792. The molecule has 0 aliphatic rings. The van der Waals surface area contributed by atoms with Gasteiger partial charge in [0, 0.05) is 29.3 Å². The van der Waals surface area contributed by atoms with Gasteiger partial charge in [-0.1, -0.05) is 32.0 Å². The summed E-state index contributed by atoms with van der Waals surface area (Å²) in [6.45, 7) is 5.07. The van der Waals surface area contributed by atoms with E-state index in [4.69, 9.17) is 0 Å². The van der Waals surface area contributed by atoms with Crippen LogP contribution >= 0.6 is 11.8 Å². The van der Waals surface area contributed by atoms with Crippen molar-refractivity contribution in [1.29, 1.82) is 0 Å². The summed E-state index contributed by atoms with van der Waals surface area (Å²) in [6.07, 6.45) is 0.794. The number of nitrogens with zero attached hydrogens (tertiary/aromatic N) is 2. The van der Waals surface area contributed by atoms with Crippen LogP contribution in [0, 0.1) is 0 Å². The Kier molecular flexibility index (Phi) is 6.40. The van der Waals surface area contributed by atoms with Gasteiger partial charge in [-0.2, -0.15) is 5.10 Å². The zero-order valence-electron chi connectivity index (χ0n) is 13.4. The van der Waals surface area contributed by atoms with Gasteiger partial charge in [0.25, 0.3) is 11.5 Å². The van der Waals surface area contributed by atoms with E-state index in [-0.39, 0.29) is 22.4 Å². The van der Waals surface area contributed by atoms with Crippen molar-refractivity contribution in [2.75, 3.05) is 6.54 Å². The number of aryl methyl sites for hydroxylation is 1. The number of hydrogen-bond donors (Lipinski definition) is 1. The Labute approximate surface area is 140 Å². The van der Waals surface area contributed by atoms with Crippen LogP contribution < -0.4 is 10.9 Å². The molecule has 0 aliphatic heterocycles. The Morgan fingerprint density at radius 3 is 2.70 bits per heavy atom. The first-order valence-corrected chi connectivity index (χ1v) is 8.56. The van der Waals surface area contributed by atoms with Crippen LogP contribution in [-0.4, -0.2) is 27.5 Å². The molecule has 1 N–H and O–H groups in total. The minimum absolute atomic E-state index is 0.184. The highest BCUT2D eigenvalue weighted by Gasteiger charge is 2.11. The summed E-state index contributed by atoms with van der Waals surface area (Å²) in [5.41, 5.74) is 0.0892. The van der Waals surface area contributed by atoms with Crippen LogP contribution in [-0.2, 0) is 6.54 Å². The third kappa shape index (κ3) is 5.25. The van der Waals surface area contributed by atoms with Crippen LogP contribution in [0.4, 0.5) is 0 Å². The molecule has 1 heterocycles. The van der Waals surface area contributed by atoms with E-state index >= 15 is 0 Å². The number of carbonyl (C=O) groups is 1. The van der Waals surface area contributed by atoms with Crippen LogP contribution in [0.5, 0.6) is 0 Å². The lowest BCUT2D eigenvalue weighted by molar-refractivity contribution is 0.0946. The lowest BCUT2D eigenvalue weighted by Gasteiger charge is -2.12. The summed E-state index contributed by atoms with van der Waals surface area (Å²) >= 11 is 1.70. The standard InChI is InChI=1S/C17H21N3O2S/c1-3-11-20-16(21)10-9-15(19-20)17(22)18-12-13(2)23-14-7-5-4-6-8-14/h4-10,13H,3,11-12H2,1-2H3,(H,18,22)/t13-/m1/s1. The fraction of sp³-hybridized carbons (Fsp3) is 0.353. The molecule has 2 rings (SSSR count). The van der Waals surface area contributed by atoms with Gasteiger partial charge in [0.2, 0.25) is 0 Å². The van der Waals surface area contributed by atoms with E-state index in [0.717, 1.165) is 6.42 Å². The maximum absolute atomic E-state index is 12.2. The predicted molar refractivity (Wildman–Crippen MR) is 92.9 cm³/mol. The molecule has 0 saturated heterocycles. The van der Waals surface area contributed by atoms with E-state index in [1.165, 1.54) is 21.7 Å². The molecular formula is C17H21N3O2S. The van der Waals surface area contributed by atoms with Crippen LogP contribution in [0.3, 0.4) is 0 Å². The molecule has 1 aromatic heterocycles. The Morgan fingerprint density at radius 1 is 1.26 bits per heavy atom. The number of amides is 1. The van der Waals surface area contributed by atoms with Crippen molar-refractivity contribution >= 4 is 17.7 Å². The smallest absolute Gasteiger partial charge is 0.271 e. The van der Waals surface area contributed by atoms with Crippen molar-refractivity contribution in [2.24, 2.45) is 0 Å². The summed E-state index contributed by atoms with van der Waals surface area (Å²) in [5, 5.41) is 7.22. The van der Waals surface area contributed by atoms with Gasteiger partial charge >= 0.3 is 0 Å². The molecule has 1 atom stereocenters. The molecule has 0 aliphatic carbocycles. The molecule has 2 aromatic rings. The number of benzene rings is 1. The van der Waals surface area contributed by atoms with E-state index in [2.05, 4.69) is 17.3 Å². The van der Waals surface area contributed by atoms with E-state index in [1.54, 1.807) is 11.8 Å². The van der Waals surface area contributed by atoms with Crippen LogP contribution in [0.2, 0.25) is 0 Å². The molecule has 5 nitrogen and oxygen atoms in total. The largest absolute Gasteiger partial charge is 0.350 e. The molecule has 0 fully saturated rings. The summed E-state index contributed by atoms with van der Waals surface area (Å²) in [6, 6.07) is 12.9. The van der Waals surface area contributed by atoms with Gasteiger partial charge in [-0.05, 0) is 24.6 Å². The highest BCUT2D eigenvalue weighted by Crippen LogP contribution is 2.21. The van der Waals surface area contributed by atoms with Crippen molar-refractivity contribution in [2.45, 2.75) is 37.0 Å². The summed E-state index contributed by atoms with van der Waals surface area (Å²) in [7, 11) is 0. The third-order valence-corrected chi connectivity index (χ3v) is 4.28. The van der Waals surface area contributed by atoms with Crippen molar-refractivity contribution in [1.82, 2.24) is 15.1 Å². The molecule has 23 heavy (non-hydrogen) atoms. The molecule has 122 valence electrons.